The van der Waals surface area contributed by atoms with Crippen molar-refractivity contribution in [2.24, 2.45) is 11.8 Å². The molecule has 0 aromatic rings. The van der Waals surface area contributed by atoms with Crippen LogP contribution in [0.3, 0.4) is 0 Å². The molecule has 0 aromatic heterocycles. The molecular weight excluding hydrogens is 198 g/mol. The van der Waals surface area contributed by atoms with Gasteiger partial charge in [-0.2, -0.15) is 0 Å². The average Bonchev–Trinajstić information content (AvgIpc) is 2.82. The lowest BCUT2D eigenvalue weighted by Crippen LogP contribution is -2.41. The second kappa shape index (κ2) is 4.38. The van der Waals surface area contributed by atoms with E-state index in [9.17, 15) is 4.79 Å². The van der Waals surface area contributed by atoms with Gasteiger partial charge in [0.25, 0.3) is 0 Å². The van der Waals surface area contributed by atoms with Crippen LogP contribution in [0.4, 0.5) is 0 Å². The summed E-state index contributed by atoms with van der Waals surface area (Å²) in [5.41, 5.74) is 0. The quantitative estimate of drug-likeness (QED) is 0.623. The van der Waals surface area contributed by atoms with Gasteiger partial charge in [-0.1, -0.05) is 25.7 Å². The summed E-state index contributed by atoms with van der Waals surface area (Å²) in [7, 11) is 0. The van der Waals surface area contributed by atoms with Gasteiger partial charge < -0.3 is 4.90 Å². The lowest BCUT2D eigenvalue weighted by Gasteiger charge is -2.30. The number of rotatable bonds is 1. The van der Waals surface area contributed by atoms with Crippen LogP contribution in [-0.2, 0) is 4.79 Å². The Bertz CT molecular complexity index is 268. The van der Waals surface area contributed by atoms with Crippen LogP contribution in [0, 0.1) is 11.8 Å². The zero-order chi connectivity index (χ0) is 11.0. The van der Waals surface area contributed by atoms with E-state index in [4.69, 9.17) is 0 Å². The second-order valence-electron chi connectivity index (χ2n) is 6.01. The number of fused-ring (bicyclic) bond motifs is 2. The molecule has 1 saturated heterocycles. The molecule has 2 bridgehead atoms. The van der Waals surface area contributed by atoms with Crippen LogP contribution in [-0.4, -0.2) is 23.4 Å². The predicted molar refractivity (Wildman–Crippen MR) is 64.0 cm³/mol. The van der Waals surface area contributed by atoms with Crippen LogP contribution in [0.2, 0.25) is 0 Å². The fourth-order valence-electron chi connectivity index (χ4n) is 3.96. The zero-order valence-corrected chi connectivity index (χ0v) is 10.2. The van der Waals surface area contributed by atoms with Crippen LogP contribution in [0.15, 0.2) is 0 Å². The molecule has 1 amide bonds. The normalized spacial score (nSPS) is 35.4. The van der Waals surface area contributed by atoms with Crippen molar-refractivity contribution in [3.8, 4) is 0 Å². The van der Waals surface area contributed by atoms with Crippen molar-refractivity contribution in [3.63, 3.8) is 0 Å². The monoisotopic (exact) mass is 221 g/mol. The molecule has 3 aliphatic rings. The molecule has 2 saturated carbocycles. The fraction of sp³-hybridized carbons (Fsp3) is 0.929. The maximum Gasteiger partial charge on any atom is 0.225 e. The Kier molecular flexibility index (Phi) is 2.91. The molecule has 0 N–H and O–H groups in total. The summed E-state index contributed by atoms with van der Waals surface area (Å²) in [5.74, 6) is 1.73. The van der Waals surface area contributed by atoms with Crippen LogP contribution in [0.5, 0.6) is 0 Å². The lowest BCUT2D eigenvalue weighted by molar-refractivity contribution is -0.137. The first-order chi connectivity index (χ1) is 7.84. The summed E-state index contributed by atoms with van der Waals surface area (Å²) < 4.78 is 0. The van der Waals surface area contributed by atoms with Gasteiger partial charge in [0.2, 0.25) is 5.91 Å². The molecule has 16 heavy (non-hydrogen) atoms. The summed E-state index contributed by atoms with van der Waals surface area (Å²) >= 11 is 0. The minimum Gasteiger partial charge on any atom is -0.339 e. The first kappa shape index (κ1) is 10.6. The van der Waals surface area contributed by atoms with E-state index in [0.717, 1.165) is 25.3 Å². The van der Waals surface area contributed by atoms with E-state index in [0.29, 0.717) is 17.9 Å². The highest BCUT2D eigenvalue weighted by atomic mass is 16.2. The van der Waals surface area contributed by atoms with E-state index in [2.05, 4.69) is 4.90 Å². The highest BCUT2D eigenvalue weighted by Gasteiger charge is 2.41. The molecule has 0 aromatic carbocycles. The standard InChI is InChI=1S/C14H23NO/c16-14(12-5-3-1-2-4-6-12)15-10-11-7-8-13(15)9-11/h11-13H,1-10H2/t11-,13-/m0/s1. The fourth-order valence-corrected chi connectivity index (χ4v) is 3.96. The number of hydrogen-bond acceptors (Lipinski definition) is 1. The number of carbonyl (C=O) groups excluding carboxylic acids is 1. The second-order valence-corrected chi connectivity index (χ2v) is 6.01. The highest BCUT2D eigenvalue weighted by Crippen LogP contribution is 2.39. The Hall–Kier alpha value is -0.530. The molecular formula is C14H23NO. The third-order valence-corrected chi connectivity index (χ3v) is 4.90. The molecule has 0 radical (unpaired) electrons. The van der Waals surface area contributed by atoms with E-state index < -0.39 is 0 Å². The van der Waals surface area contributed by atoms with Crippen molar-refractivity contribution in [1.82, 2.24) is 4.90 Å². The van der Waals surface area contributed by atoms with E-state index in [-0.39, 0.29) is 0 Å². The number of likely N-dealkylation sites (tertiary alicyclic amines) is 1. The molecule has 0 unspecified atom stereocenters. The summed E-state index contributed by atoms with van der Waals surface area (Å²) in [6.45, 7) is 1.08. The largest absolute Gasteiger partial charge is 0.339 e. The van der Waals surface area contributed by atoms with E-state index in [1.54, 1.807) is 0 Å². The van der Waals surface area contributed by atoms with Crippen molar-refractivity contribution in [1.29, 1.82) is 0 Å². The molecule has 1 heterocycles. The molecule has 90 valence electrons. The summed E-state index contributed by atoms with van der Waals surface area (Å²) in [5, 5.41) is 0. The third-order valence-electron chi connectivity index (χ3n) is 4.90. The minimum atomic E-state index is 0.377. The number of piperidine rings is 1. The first-order valence-electron chi connectivity index (χ1n) is 7.15. The topological polar surface area (TPSA) is 20.3 Å². The van der Waals surface area contributed by atoms with Crippen molar-refractivity contribution in [2.45, 2.75) is 63.8 Å². The number of nitrogens with zero attached hydrogens (tertiary/aromatic N) is 1. The van der Waals surface area contributed by atoms with Gasteiger partial charge in [-0.25, -0.2) is 0 Å². The summed E-state index contributed by atoms with van der Waals surface area (Å²) in [6, 6.07) is 0.626. The van der Waals surface area contributed by atoms with Crippen molar-refractivity contribution in [2.75, 3.05) is 6.54 Å². The van der Waals surface area contributed by atoms with Gasteiger partial charge in [-0.05, 0) is 38.0 Å². The Morgan fingerprint density at radius 1 is 0.938 bits per heavy atom. The van der Waals surface area contributed by atoms with Gasteiger partial charge in [0.05, 0.1) is 0 Å². The predicted octanol–water partition coefficient (Wildman–Crippen LogP) is 2.97. The summed E-state index contributed by atoms with van der Waals surface area (Å²) in [4.78, 5) is 14.7. The summed E-state index contributed by atoms with van der Waals surface area (Å²) in [6.07, 6.45) is 11.5. The molecule has 3 fully saturated rings. The lowest BCUT2D eigenvalue weighted by atomic mass is 9.97. The van der Waals surface area contributed by atoms with Gasteiger partial charge in [0.1, 0.15) is 0 Å². The SMILES string of the molecule is O=C(C1CCCCCC1)N1C[C@H]2CC[C@H]1C2. The molecule has 1 aliphatic heterocycles. The van der Waals surface area contributed by atoms with E-state index in [1.807, 2.05) is 0 Å². The smallest absolute Gasteiger partial charge is 0.225 e. The molecule has 2 heteroatoms. The van der Waals surface area contributed by atoms with Gasteiger partial charge in [0.15, 0.2) is 0 Å². The van der Waals surface area contributed by atoms with Crippen LogP contribution >= 0.6 is 0 Å². The Morgan fingerprint density at radius 3 is 2.25 bits per heavy atom. The third kappa shape index (κ3) is 1.87. The first-order valence-corrected chi connectivity index (χ1v) is 7.15. The van der Waals surface area contributed by atoms with Crippen LogP contribution < -0.4 is 0 Å². The van der Waals surface area contributed by atoms with E-state index in [1.165, 1.54) is 44.9 Å². The van der Waals surface area contributed by atoms with Gasteiger partial charge in [-0.15, -0.1) is 0 Å². The molecule has 2 atom stereocenters. The van der Waals surface area contributed by atoms with Gasteiger partial charge >= 0.3 is 0 Å². The Labute approximate surface area is 98.4 Å². The number of amides is 1. The van der Waals surface area contributed by atoms with E-state index >= 15 is 0 Å². The maximum absolute atomic E-state index is 12.5. The Balaban J connectivity index is 1.63. The zero-order valence-electron chi connectivity index (χ0n) is 10.2. The molecule has 3 rings (SSSR count). The number of carbonyl (C=O) groups is 1. The van der Waals surface area contributed by atoms with Crippen LogP contribution in [0.25, 0.3) is 0 Å². The van der Waals surface area contributed by atoms with Crippen molar-refractivity contribution >= 4 is 5.91 Å². The number of hydrogen-bond donors (Lipinski definition) is 0. The van der Waals surface area contributed by atoms with Crippen molar-refractivity contribution in [3.05, 3.63) is 0 Å². The van der Waals surface area contributed by atoms with Crippen molar-refractivity contribution < 1.29 is 4.79 Å². The molecule has 2 nitrogen and oxygen atoms in total. The maximum atomic E-state index is 12.5. The van der Waals surface area contributed by atoms with Crippen LogP contribution in [0.1, 0.15) is 57.8 Å². The minimum absolute atomic E-state index is 0.377. The molecule has 0 spiro atoms. The van der Waals surface area contributed by atoms with Gasteiger partial charge in [-0.3, -0.25) is 4.79 Å². The van der Waals surface area contributed by atoms with Gasteiger partial charge in [0, 0.05) is 18.5 Å². The Morgan fingerprint density at radius 2 is 1.69 bits per heavy atom. The molecule has 2 aliphatic carbocycles. The average molecular weight is 221 g/mol. The highest BCUT2D eigenvalue weighted by molar-refractivity contribution is 5.79.